The van der Waals surface area contributed by atoms with Crippen LogP contribution in [0.4, 0.5) is 0 Å². The molecule has 1 aromatic carbocycles. The van der Waals surface area contributed by atoms with Gasteiger partial charge in [0.2, 0.25) is 0 Å². The smallest absolute Gasteiger partial charge is 0.165 e. The van der Waals surface area contributed by atoms with Gasteiger partial charge in [-0.2, -0.15) is 0 Å². The van der Waals surface area contributed by atoms with Gasteiger partial charge in [0.15, 0.2) is 11.5 Å². The van der Waals surface area contributed by atoms with Gasteiger partial charge in [-0.3, -0.25) is 0 Å². The quantitative estimate of drug-likeness (QED) is 0.785. The molecular weight excluding hydrogens is 262 g/mol. The highest BCUT2D eigenvalue weighted by molar-refractivity contribution is 5.46. The Labute approximate surface area is 129 Å². The van der Waals surface area contributed by atoms with E-state index >= 15 is 0 Å². The molecular formula is C18H29NO2. The van der Waals surface area contributed by atoms with Gasteiger partial charge in [-0.05, 0) is 37.3 Å². The zero-order chi connectivity index (χ0) is 15.1. The first-order valence-electron chi connectivity index (χ1n) is 8.20. The van der Waals surface area contributed by atoms with E-state index in [0.717, 1.165) is 31.2 Å². The highest BCUT2D eigenvalue weighted by Crippen LogP contribution is 2.33. The Hall–Kier alpha value is -1.22. The summed E-state index contributed by atoms with van der Waals surface area (Å²) in [6.07, 6.45) is 5.30. The predicted octanol–water partition coefficient (Wildman–Crippen LogP) is 4.01. The number of hydrogen-bond acceptors (Lipinski definition) is 3. The van der Waals surface area contributed by atoms with Crippen LogP contribution in [0.15, 0.2) is 18.2 Å². The van der Waals surface area contributed by atoms with Crippen molar-refractivity contribution in [3.63, 3.8) is 0 Å². The van der Waals surface area contributed by atoms with Crippen LogP contribution in [0.2, 0.25) is 0 Å². The summed E-state index contributed by atoms with van der Waals surface area (Å²) in [5.41, 5.74) is 1.19. The Kier molecular flexibility index (Phi) is 6.37. The summed E-state index contributed by atoms with van der Waals surface area (Å²) in [6, 6.07) is 6.14. The summed E-state index contributed by atoms with van der Waals surface area (Å²) in [4.78, 5) is 0. The van der Waals surface area contributed by atoms with Crippen molar-refractivity contribution >= 4 is 0 Å². The molecule has 1 N–H and O–H groups in total. The normalized spacial score (nSPS) is 15.6. The maximum atomic E-state index is 6.14. The lowest BCUT2D eigenvalue weighted by atomic mass is 10.1. The molecule has 1 aliphatic rings. The van der Waals surface area contributed by atoms with Gasteiger partial charge in [-0.25, -0.2) is 0 Å². The first-order valence-corrected chi connectivity index (χ1v) is 8.20. The number of hydrogen-bond donors (Lipinski definition) is 1. The van der Waals surface area contributed by atoms with Gasteiger partial charge in [0.05, 0.1) is 13.7 Å². The number of methoxy groups -OCH3 is 1. The third-order valence-electron chi connectivity index (χ3n) is 4.09. The van der Waals surface area contributed by atoms with Crippen molar-refractivity contribution in [3.8, 4) is 11.5 Å². The fourth-order valence-corrected chi connectivity index (χ4v) is 2.90. The van der Waals surface area contributed by atoms with E-state index in [1.165, 1.54) is 31.2 Å². The SMILES string of the molecule is COc1cccc(CNCC(C)C)c1OCC1CCCC1. The first-order chi connectivity index (χ1) is 10.2. The van der Waals surface area contributed by atoms with Crippen LogP contribution in [0, 0.1) is 11.8 Å². The lowest BCUT2D eigenvalue weighted by Crippen LogP contribution is -2.20. The van der Waals surface area contributed by atoms with E-state index in [1.54, 1.807) is 7.11 Å². The molecule has 1 fully saturated rings. The average molecular weight is 291 g/mol. The molecule has 0 amide bonds. The predicted molar refractivity (Wildman–Crippen MR) is 87.0 cm³/mol. The van der Waals surface area contributed by atoms with E-state index in [1.807, 2.05) is 12.1 Å². The average Bonchev–Trinajstić information content (AvgIpc) is 2.98. The van der Waals surface area contributed by atoms with Gasteiger partial charge in [-0.15, -0.1) is 0 Å². The number of para-hydroxylation sites is 1. The van der Waals surface area contributed by atoms with Gasteiger partial charge < -0.3 is 14.8 Å². The molecule has 0 aliphatic heterocycles. The van der Waals surface area contributed by atoms with E-state index in [4.69, 9.17) is 9.47 Å². The van der Waals surface area contributed by atoms with Crippen LogP contribution >= 0.6 is 0 Å². The van der Waals surface area contributed by atoms with Gasteiger partial charge in [0.1, 0.15) is 0 Å². The monoisotopic (exact) mass is 291 g/mol. The summed E-state index contributed by atoms with van der Waals surface area (Å²) in [5.74, 6) is 3.13. The van der Waals surface area contributed by atoms with Crippen LogP contribution in [0.5, 0.6) is 11.5 Å². The molecule has 21 heavy (non-hydrogen) atoms. The minimum absolute atomic E-state index is 0.651. The molecule has 3 heteroatoms. The third-order valence-corrected chi connectivity index (χ3v) is 4.09. The number of benzene rings is 1. The van der Waals surface area contributed by atoms with Gasteiger partial charge in [0.25, 0.3) is 0 Å². The van der Waals surface area contributed by atoms with Crippen molar-refractivity contribution in [1.82, 2.24) is 5.32 Å². The van der Waals surface area contributed by atoms with Crippen LogP contribution in [-0.4, -0.2) is 20.3 Å². The van der Waals surface area contributed by atoms with Crippen molar-refractivity contribution in [2.75, 3.05) is 20.3 Å². The summed E-state index contributed by atoms with van der Waals surface area (Å²) in [5, 5.41) is 3.49. The Morgan fingerprint density at radius 2 is 2.00 bits per heavy atom. The van der Waals surface area contributed by atoms with Crippen LogP contribution in [-0.2, 0) is 6.54 Å². The minimum Gasteiger partial charge on any atom is -0.493 e. The van der Waals surface area contributed by atoms with Crippen LogP contribution in [0.1, 0.15) is 45.1 Å². The van der Waals surface area contributed by atoms with E-state index in [9.17, 15) is 0 Å². The molecule has 0 atom stereocenters. The molecule has 1 aliphatic carbocycles. The second kappa shape index (κ2) is 8.28. The molecule has 0 spiro atoms. The topological polar surface area (TPSA) is 30.5 Å². The van der Waals surface area contributed by atoms with Crippen molar-refractivity contribution in [2.45, 2.75) is 46.1 Å². The van der Waals surface area contributed by atoms with E-state index in [2.05, 4.69) is 25.2 Å². The standard InChI is InChI=1S/C18H29NO2/c1-14(2)11-19-12-16-9-6-10-17(20-3)18(16)21-13-15-7-4-5-8-15/h6,9-10,14-15,19H,4-5,7-8,11-13H2,1-3H3. The lowest BCUT2D eigenvalue weighted by Gasteiger charge is -2.18. The number of ether oxygens (including phenoxy) is 2. The third kappa shape index (κ3) is 4.92. The molecule has 2 rings (SSSR count). The van der Waals surface area contributed by atoms with Crippen LogP contribution < -0.4 is 14.8 Å². The maximum Gasteiger partial charge on any atom is 0.165 e. The molecule has 0 saturated heterocycles. The van der Waals surface area contributed by atoms with Gasteiger partial charge >= 0.3 is 0 Å². The molecule has 0 radical (unpaired) electrons. The second-order valence-electron chi connectivity index (χ2n) is 6.43. The van der Waals surface area contributed by atoms with E-state index in [-0.39, 0.29) is 0 Å². The zero-order valence-electron chi connectivity index (χ0n) is 13.7. The van der Waals surface area contributed by atoms with Crippen LogP contribution in [0.3, 0.4) is 0 Å². The fraction of sp³-hybridized carbons (Fsp3) is 0.667. The van der Waals surface area contributed by atoms with Crippen molar-refractivity contribution in [2.24, 2.45) is 11.8 Å². The van der Waals surface area contributed by atoms with E-state index < -0.39 is 0 Å². The molecule has 1 aromatic rings. The summed E-state index contributed by atoms with van der Waals surface area (Å²) in [6.45, 7) is 7.10. The molecule has 0 aromatic heterocycles. The molecule has 0 unspecified atom stereocenters. The van der Waals surface area contributed by atoms with Crippen LogP contribution in [0.25, 0.3) is 0 Å². The molecule has 3 nitrogen and oxygen atoms in total. The number of rotatable bonds is 8. The van der Waals surface area contributed by atoms with Crippen molar-refractivity contribution in [1.29, 1.82) is 0 Å². The molecule has 0 heterocycles. The van der Waals surface area contributed by atoms with Gasteiger partial charge in [0, 0.05) is 12.1 Å². The molecule has 118 valence electrons. The minimum atomic E-state index is 0.651. The largest absolute Gasteiger partial charge is 0.493 e. The van der Waals surface area contributed by atoms with Gasteiger partial charge in [-0.1, -0.05) is 38.8 Å². The summed E-state index contributed by atoms with van der Waals surface area (Å²) in [7, 11) is 1.71. The summed E-state index contributed by atoms with van der Waals surface area (Å²) < 4.78 is 11.6. The van der Waals surface area contributed by atoms with Crippen molar-refractivity contribution < 1.29 is 9.47 Å². The summed E-state index contributed by atoms with van der Waals surface area (Å²) >= 11 is 0. The zero-order valence-corrected chi connectivity index (χ0v) is 13.7. The Bertz CT molecular complexity index is 425. The number of nitrogens with one attached hydrogen (secondary N) is 1. The van der Waals surface area contributed by atoms with E-state index in [0.29, 0.717) is 11.8 Å². The Morgan fingerprint density at radius 3 is 2.67 bits per heavy atom. The van der Waals surface area contributed by atoms with Crippen molar-refractivity contribution in [3.05, 3.63) is 23.8 Å². The molecule has 0 bridgehead atoms. The fourth-order valence-electron chi connectivity index (χ4n) is 2.90. The first kappa shape index (κ1) is 16.2. The highest BCUT2D eigenvalue weighted by Gasteiger charge is 2.18. The molecule has 1 saturated carbocycles. The maximum absolute atomic E-state index is 6.14. The second-order valence-corrected chi connectivity index (χ2v) is 6.43. The lowest BCUT2D eigenvalue weighted by molar-refractivity contribution is 0.238. The Morgan fingerprint density at radius 1 is 1.24 bits per heavy atom. The highest BCUT2D eigenvalue weighted by atomic mass is 16.5. The Balaban J connectivity index is 2.00.